The van der Waals surface area contributed by atoms with Crippen LogP contribution >= 0.6 is 0 Å². The molecule has 0 bridgehead atoms. The number of carbonyl (C=O) groups is 2. The van der Waals surface area contributed by atoms with Crippen molar-refractivity contribution in [3.05, 3.63) is 54.1 Å². The highest BCUT2D eigenvalue weighted by Gasteiger charge is 2.38. The summed E-state index contributed by atoms with van der Waals surface area (Å²) in [5.74, 6) is -0.0473. The lowest BCUT2D eigenvalue weighted by molar-refractivity contribution is 0.0586. The number of methoxy groups -OCH3 is 1. The summed E-state index contributed by atoms with van der Waals surface area (Å²) in [4.78, 5) is 35.2. The zero-order valence-electron chi connectivity index (χ0n) is 19.2. The summed E-state index contributed by atoms with van der Waals surface area (Å²) < 4.78 is 4.60. The molecule has 1 aromatic heterocycles. The number of hydrogen-bond acceptors (Lipinski definition) is 6. The minimum Gasteiger partial charge on any atom is -0.463 e. The molecule has 1 heterocycles. The van der Waals surface area contributed by atoms with Gasteiger partial charge < -0.3 is 10.5 Å². The van der Waals surface area contributed by atoms with Gasteiger partial charge in [-0.1, -0.05) is 30.3 Å². The van der Waals surface area contributed by atoms with Gasteiger partial charge in [-0.15, -0.1) is 0 Å². The molecule has 2 N–H and O–H groups in total. The molecule has 0 aliphatic heterocycles. The van der Waals surface area contributed by atoms with Crippen LogP contribution in [-0.2, 0) is 10.3 Å². The Labute approximate surface area is 189 Å². The minimum atomic E-state index is -0.622. The van der Waals surface area contributed by atoms with Gasteiger partial charge in [0.2, 0.25) is 5.82 Å². The second-order valence-electron chi connectivity index (χ2n) is 8.62. The molecule has 2 aromatic rings. The molecule has 1 aliphatic carbocycles. The number of amides is 2. The molecule has 1 fully saturated rings. The van der Waals surface area contributed by atoms with Gasteiger partial charge in [0.1, 0.15) is 0 Å². The average Bonchev–Trinajstić information content (AvgIpc) is 2.82. The largest absolute Gasteiger partial charge is 0.463 e. The number of rotatable bonds is 8. The van der Waals surface area contributed by atoms with Crippen LogP contribution in [0.2, 0.25) is 0 Å². The van der Waals surface area contributed by atoms with Crippen LogP contribution < -0.4 is 10.6 Å². The van der Waals surface area contributed by atoms with E-state index in [1.807, 2.05) is 0 Å². The number of urea groups is 1. The first-order valence-corrected chi connectivity index (χ1v) is 11.1. The highest BCUT2D eigenvalue weighted by atomic mass is 16.5. The summed E-state index contributed by atoms with van der Waals surface area (Å²) in [6.07, 6.45) is 9.27. The van der Waals surface area contributed by atoms with Crippen LogP contribution in [0.3, 0.4) is 0 Å². The van der Waals surface area contributed by atoms with Crippen LogP contribution in [0.1, 0.15) is 54.7 Å². The van der Waals surface area contributed by atoms with Gasteiger partial charge in [0.15, 0.2) is 0 Å². The summed E-state index contributed by atoms with van der Waals surface area (Å²) >= 11 is 0. The first-order chi connectivity index (χ1) is 15.4. The topological polar surface area (TPSA) is 102 Å². The number of benzene rings is 1. The monoisotopic (exact) mass is 439 g/mol. The predicted molar refractivity (Wildman–Crippen MR) is 123 cm³/mol. The molecule has 2 amide bonds. The van der Waals surface area contributed by atoms with Crippen LogP contribution in [0.4, 0.5) is 10.5 Å². The first kappa shape index (κ1) is 23.7. The van der Waals surface area contributed by atoms with Gasteiger partial charge in [-0.3, -0.25) is 9.80 Å². The van der Waals surface area contributed by atoms with E-state index in [0.717, 1.165) is 38.5 Å². The van der Waals surface area contributed by atoms with Crippen molar-refractivity contribution in [1.29, 1.82) is 0 Å². The Hall–Kier alpha value is -3.00. The molecule has 1 aromatic carbocycles. The Bertz CT molecular complexity index is 894. The summed E-state index contributed by atoms with van der Waals surface area (Å²) in [7, 11) is 5.61. The van der Waals surface area contributed by atoms with E-state index >= 15 is 0 Å². The number of aromatic nitrogens is 2. The van der Waals surface area contributed by atoms with Gasteiger partial charge in [0.05, 0.1) is 25.2 Å². The molecule has 0 spiro atoms. The summed E-state index contributed by atoms with van der Waals surface area (Å²) in [5.41, 5.74) is 7.54. The zero-order chi connectivity index (χ0) is 23.1. The molecular weight excluding hydrogens is 406 g/mol. The van der Waals surface area contributed by atoms with Gasteiger partial charge in [0.25, 0.3) is 0 Å². The van der Waals surface area contributed by atoms with Gasteiger partial charge >= 0.3 is 12.0 Å². The van der Waals surface area contributed by atoms with Crippen molar-refractivity contribution in [2.45, 2.75) is 44.1 Å². The van der Waals surface area contributed by atoms with Crippen LogP contribution in [0.15, 0.2) is 42.7 Å². The van der Waals surface area contributed by atoms with E-state index in [-0.39, 0.29) is 11.4 Å². The molecule has 1 saturated carbocycles. The molecule has 0 saturated heterocycles. The van der Waals surface area contributed by atoms with Crippen molar-refractivity contribution < 1.29 is 14.3 Å². The van der Waals surface area contributed by atoms with Crippen molar-refractivity contribution >= 4 is 17.7 Å². The Morgan fingerprint density at radius 1 is 1.12 bits per heavy atom. The predicted octanol–water partition coefficient (Wildman–Crippen LogP) is 3.58. The second-order valence-corrected chi connectivity index (χ2v) is 8.62. The summed E-state index contributed by atoms with van der Waals surface area (Å²) in [5, 5.41) is 0. The number of nitrogens with zero attached hydrogens (tertiary/aromatic N) is 4. The molecule has 0 radical (unpaired) electrons. The Balaban J connectivity index is 1.55. The second kappa shape index (κ2) is 10.5. The molecule has 0 atom stereocenters. The molecule has 8 nitrogen and oxygen atoms in total. The quantitative estimate of drug-likeness (QED) is 0.631. The average molecular weight is 440 g/mol. The van der Waals surface area contributed by atoms with Crippen molar-refractivity contribution in [3.63, 3.8) is 0 Å². The lowest BCUT2D eigenvalue weighted by Crippen LogP contribution is -2.44. The number of ether oxygens (including phenoxy) is 1. The van der Waals surface area contributed by atoms with E-state index in [1.165, 1.54) is 30.0 Å². The highest BCUT2D eigenvalue weighted by Crippen LogP contribution is 2.44. The van der Waals surface area contributed by atoms with Gasteiger partial charge in [-0.25, -0.2) is 19.6 Å². The number of nitrogens with two attached hydrogens (primary N) is 1. The highest BCUT2D eigenvalue weighted by molar-refractivity contribution is 5.90. The SMILES string of the molecule is COC(=O)c1ncc(N(CCCC2CCC(c3ccccc3)(N(C)C)CC2)C(N)=O)cn1. The number of primary amides is 1. The first-order valence-electron chi connectivity index (χ1n) is 11.1. The molecular formula is C24H33N5O3. The van der Waals surface area contributed by atoms with Crippen molar-refractivity contribution in [1.82, 2.24) is 14.9 Å². The molecule has 172 valence electrons. The van der Waals surface area contributed by atoms with E-state index in [1.54, 1.807) is 0 Å². The van der Waals surface area contributed by atoms with Crippen LogP contribution in [-0.4, -0.2) is 54.6 Å². The fourth-order valence-electron chi connectivity index (χ4n) is 4.75. The smallest absolute Gasteiger partial charge is 0.376 e. The van der Waals surface area contributed by atoms with E-state index in [0.29, 0.717) is 18.2 Å². The van der Waals surface area contributed by atoms with Crippen molar-refractivity contribution in [2.75, 3.05) is 32.6 Å². The third kappa shape index (κ3) is 5.24. The molecule has 0 unspecified atom stereocenters. The summed E-state index contributed by atoms with van der Waals surface area (Å²) in [6.45, 7) is 0.490. The molecule has 8 heteroatoms. The summed E-state index contributed by atoms with van der Waals surface area (Å²) in [6, 6.07) is 10.2. The standard InChI is InChI=1S/C24H33N5O3/c1-28(2)24(19-9-5-4-6-10-19)13-11-18(12-14-24)8-7-15-29(23(25)31)20-16-26-21(27-17-20)22(30)32-3/h4-6,9-10,16-18H,7-8,11-15H2,1-3H3,(H2,25,31). The Kier molecular flexibility index (Phi) is 7.80. The van der Waals surface area contributed by atoms with Gasteiger partial charge in [0, 0.05) is 12.1 Å². The Morgan fingerprint density at radius 2 is 1.75 bits per heavy atom. The third-order valence-corrected chi connectivity index (χ3v) is 6.68. The molecule has 1 aliphatic rings. The number of carbonyl (C=O) groups excluding carboxylic acids is 2. The van der Waals surface area contributed by atoms with Gasteiger partial charge in [-0.2, -0.15) is 0 Å². The van der Waals surface area contributed by atoms with E-state index in [9.17, 15) is 9.59 Å². The van der Waals surface area contributed by atoms with Crippen LogP contribution in [0.25, 0.3) is 0 Å². The number of anilines is 1. The lowest BCUT2D eigenvalue weighted by atomic mass is 9.71. The fraction of sp³-hybridized carbons (Fsp3) is 0.500. The van der Waals surface area contributed by atoms with E-state index < -0.39 is 12.0 Å². The van der Waals surface area contributed by atoms with Gasteiger partial charge in [-0.05, 0) is 64.1 Å². The van der Waals surface area contributed by atoms with Crippen molar-refractivity contribution in [3.8, 4) is 0 Å². The maximum absolute atomic E-state index is 12.0. The molecule has 32 heavy (non-hydrogen) atoms. The number of hydrogen-bond donors (Lipinski definition) is 1. The number of esters is 1. The lowest BCUT2D eigenvalue weighted by Gasteiger charge is -2.45. The normalized spacial score (nSPS) is 20.7. The Morgan fingerprint density at radius 3 is 2.28 bits per heavy atom. The van der Waals surface area contributed by atoms with E-state index in [4.69, 9.17) is 5.73 Å². The van der Waals surface area contributed by atoms with E-state index in [2.05, 4.69) is 64.0 Å². The van der Waals surface area contributed by atoms with Crippen LogP contribution in [0.5, 0.6) is 0 Å². The fourth-order valence-corrected chi connectivity index (χ4v) is 4.75. The maximum Gasteiger partial charge on any atom is 0.376 e. The maximum atomic E-state index is 12.0. The minimum absolute atomic E-state index is 0.0503. The van der Waals surface area contributed by atoms with Crippen LogP contribution in [0, 0.1) is 5.92 Å². The zero-order valence-corrected chi connectivity index (χ0v) is 19.2. The van der Waals surface area contributed by atoms with Crippen molar-refractivity contribution in [2.24, 2.45) is 11.7 Å². The third-order valence-electron chi connectivity index (χ3n) is 6.68. The molecule has 3 rings (SSSR count).